The third-order valence-corrected chi connectivity index (χ3v) is 9.46. The number of carbonyl (C=O) groups excluding carboxylic acids is 1. The molecule has 5 aromatic rings. The number of carbonyl (C=O) groups is 1. The van der Waals surface area contributed by atoms with Gasteiger partial charge in [-0.25, -0.2) is 4.98 Å². The van der Waals surface area contributed by atoms with Gasteiger partial charge in [-0.2, -0.15) is 0 Å². The highest BCUT2D eigenvalue weighted by Crippen LogP contribution is 2.36. The van der Waals surface area contributed by atoms with Crippen LogP contribution in [0.5, 0.6) is 11.5 Å². The Kier molecular flexibility index (Phi) is 9.66. The maximum absolute atomic E-state index is 13.4. The summed E-state index contributed by atoms with van der Waals surface area (Å²) in [6.45, 7) is 13.6. The van der Waals surface area contributed by atoms with Gasteiger partial charge in [-0.15, -0.1) is 0 Å². The van der Waals surface area contributed by atoms with Crippen LogP contribution in [-0.2, 0) is 13.0 Å². The van der Waals surface area contributed by atoms with Crippen molar-refractivity contribution in [3.8, 4) is 17.2 Å². The first-order valence-corrected chi connectivity index (χ1v) is 16.4. The fourth-order valence-electron chi connectivity index (χ4n) is 6.76. The van der Waals surface area contributed by atoms with Gasteiger partial charge in [0.05, 0.1) is 20.5 Å². The van der Waals surface area contributed by atoms with Crippen LogP contribution in [0.4, 0.5) is 5.69 Å². The summed E-state index contributed by atoms with van der Waals surface area (Å²) >= 11 is 0. The molecule has 2 aromatic heterocycles. The second-order valence-corrected chi connectivity index (χ2v) is 12.9. The van der Waals surface area contributed by atoms with Crippen molar-refractivity contribution in [3.63, 3.8) is 0 Å². The van der Waals surface area contributed by atoms with E-state index in [9.17, 15) is 4.79 Å². The van der Waals surface area contributed by atoms with E-state index in [1.54, 1.807) is 38.9 Å². The molecule has 1 aliphatic rings. The molecule has 1 aliphatic heterocycles. The van der Waals surface area contributed by atoms with Crippen LogP contribution >= 0.6 is 0 Å². The predicted molar refractivity (Wildman–Crippen MR) is 188 cm³/mol. The van der Waals surface area contributed by atoms with E-state index in [1.165, 1.54) is 27.7 Å². The number of methoxy groups -OCH3 is 2. The summed E-state index contributed by atoms with van der Waals surface area (Å²) in [4.78, 5) is 22.6. The number of nitrogens with one attached hydrogen (secondary N) is 1. The highest BCUT2D eigenvalue weighted by atomic mass is 16.5. The Morgan fingerprint density at radius 3 is 2.34 bits per heavy atom. The highest BCUT2D eigenvalue weighted by molar-refractivity contribution is 6.04. The molecule has 9 heteroatoms. The molecule has 6 rings (SSSR count). The van der Waals surface area contributed by atoms with E-state index in [0.29, 0.717) is 34.4 Å². The van der Waals surface area contributed by atoms with Gasteiger partial charge in [0.2, 0.25) is 0 Å². The number of hydrogen-bond donors (Lipinski definition) is 1. The first-order valence-electron chi connectivity index (χ1n) is 16.4. The van der Waals surface area contributed by atoms with Gasteiger partial charge in [0, 0.05) is 91.6 Å². The molecule has 47 heavy (non-hydrogen) atoms. The van der Waals surface area contributed by atoms with Gasteiger partial charge >= 0.3 is 0 Å². The van der Waals surface area contributed by atoms with Crippen molar-refractivity contribution in [2.24, 2.45) is 5.92 Å². The molecular formula is C38H46N6O3. The summed E-state index contributed by atoms with van der Waals surface area (Å²) in [5, 5.41) is 4.33. The highest BCUT2D eigenvalue weighted by Gasteiger charge is 2.20. The summed E-state index contributed by atoms with van der Waals surface area (Å²) in [5.41, 5.74) is 8.17. The van der Waals surface area contributed by atoms with Crippen LogP contribution in [0, 0.1) is 19.8 Å². The number of amides is 1. The fraction of sp³-hybridized carbons (Fsp3) is 0.368. The van der Waals surface area contributed by atoms with E-state index in [2.05, 4.69) is 76.8 Å². The van der Waals surface area contributed by atoms with Crippen molar-refractivity contribution < 1.29 is 14.3 Å². The monoisotopic (exact) mass is 634 g/mol. The van der Waals surface area contributed by atoms with Crippen LogP contribution in [0.2, 0.25) is 0 Å². The lowest BCUT2D eigenvalue weighted by Gasteiger charge is -2.34. The first-order chi connectivity index (χ1) is 22.7. The van der Waals surface area contributed by atoms with Gasteiger partial charge in [0.15, 0.2) is 0 Å². The van der Waals surface area contributed by atoms with E-state index in [1.807, 2.05) is 29.0 Å². The third kappa shape index (κ3) is 7.06. The maximum atomic E-state index is 13.4. The van der Waals surface area contributed by atoms with Crippen molar-refractivity contribution in [2.75, 3.05) is 59.3 Å². The smallest absolute Gasteiger partial charge is 0.255 e. The number of aromatic nitrogens is 3. The van der Waals surface area contributed by atoms with Crippen molar-refractivity contribution in [3.05, 3.63) is 101 Å². The Morgan fingerprint density at radius 2 is 1.66 bits per heavy atom. The zero-order chi connectivity index (χ0) is 33.1. The summed E-state index contributed by atoms with van der Waals surface area (Å²) in [7, 11) is 5.40. The lowest BCUT2D eigenvalue weighted by atomic mass is 10.0. The molecule has 1 amide bonds. The van der Waals surface area contributed by atoms with Gasteiger partial charge in [-0.1, -0.05) is 25.1 Å². The number of rotatable bonds is 11. The molecule has 1 fully saturated rings. The molecule has 246 valence electrons. The number of benzene rings is 3. The standard InChI is InChI=1S/C38H46N6O3/c1-26(23-42-16-14-41(4)15-17-42)24-44-28(3)27(2)33-20-30(10-11-34(33)44)18-29-8-7-9-31(19-29)38(45)40-32-21-35(46-5)37(36(22-32)47-6)43-13-12-39-25-43/h7-13,19-22,25-26H,14-18,23-24H2,1-6H3,(H,40,45). The zero-order valence-corrected chi connectivity index (χ0v) is 28.4. The van der Waals surface area contributed by atoms with Gasteiger partial charge in [0.25, 0.3) is 5.91 Å². The number of anilines is 1. The van der Waals surface area contributed by atoms with E-state index in [-0.39, 0.29) is 5.91 Å². The van der Waals surface area contributed by atoms with Gasteiger partial charge in [-0.3, -0.25) is 9.36 Å². The second kappa shape index (κ2) is 14.0. The topological polar surface area (TPSA) is 76.8 Å². The average molecular weight is 635 g/mol. The fourth-order valence-corrected chi connectivity index (χ4v) is 6.76. The number of piperazine rings is 1. The lowest BCUT2D eigenvalue weighted by Crippen LogP contribution is -2.46. The molecule has 0 spiro atoms. The number of hydrogen-bond acceptors (Lipinski definition) is 6. The number of imidazole rings is 1. The Balaban J connectivity index is 1.16. The summed E-state index contributed by atoms with van der Waals surface area (Å²) in [6, 6.07) is 18.2. The van der Waals surface area contributed by atoms with Crippen molar-refractivity contribution in [1.29, 1.82) is 0 Å². The third-order valence-electron chi connectivity index (χ3n) is 9.46. The minimum atomic E-state index is -0.198. The molecule has 3 heterocycles. The van der Waals surface area contributed by atoms with Crippen LogP contribution in [0.25, 0.3) is 16.6 Å². The van der Waals surface area contributed by atoms with E-state index < -0.39 is 0 Å². The molecule has 1 atom stereocenters. The van der Waals surface area contributed by atoms with Crippen LogP contribution in [0.1, 0.15) is 39.7 Å². The number of fused-ring (bicyclic) bond motifs is 1. The molecule has 0 bridgehead atoms. The van der Waals surface area contributed by atoms with Gasteiger partial charge in [-0.05, 0) is 74.2 Å². The van der Waals surface area contributed by atoms with Gasteiger partial charge < -0.3 is 29.2 Å². The minimum absolute atomic E-state index is 0.198. The Labute approximate surface area is 277 Å². The maximum Gasteiger partial charge on any atom is 0.255 e. The molecule has 0 saturated carbocycles. The number of aryl methyl sites for hydroxylation is 1. The van der Waals surface area contributed by atoms with Crippen molar-refractivity contribution in [1.82, 2.24) is 23.9 Å². The first kappa shape index (κ1) is 32.3. The van der Waals surface area contributed by atoms with Crippen molar-refractivity contribution >= 4 is 22.5 Å². The van der Waals surface area contributed by atoms with Crippen LogP contribution < -0.4 is 14.8 Å². The molecule has 1 N–H and O–H groups in total. The quantitative estimate of drug-likeness (QED) is 0.187. The number of ether oxygens (including phenoxy) is 2. The average Bonchev–Trinajstić information content (AvgIpc) is 3.69. The van der Waals surface area contributed by atoms with Crippen LogP contribution in [-0.4, -0.2) is 83.8 Å². The SMILES string of the molecule is COc1cc(NC(=O)c2cccc(Cc3ccc4c(c3)c(C)c(C)n4CC(C)CN3CCN(C)CC3)c2)cc(OC)c1-n1ccnc1. The number of likely N-dealkylation sites (N-methyl/N-ethyl adjacent to an activating group) is 1. The van der Waals surface area contributed by atoms with Crippen LogP contribution in [0.3, 0.4) is 0 Å². The van der Waals surface area contributed by atoms with E-state index in [4.69, 9.17) is 9.47 Å². The molecule has 0 aliphatic carbocycles. The van der Waals surface area contributed by atoms with Crippen LogP contribution in [0.15, 0.2) is 73.3 Å². The zero-order valence-electron chi connectivity index (χ0n) is 28.4. The Bertz CT molecular complexity index is 1830. The Morgan fingerprint density at radius 1 is 0.936 bits per heavy atom. The molecule has 3 aromatic carbocycles. The minimum Gasteiger partial charge on any atom is -0.494 e. The Hall–Kier alpha value is -4.60. The molecule has 9 nitrogen and oxygen atoms in total. The molecular weight excluding hydrogens is 588 g/mol. The predicted octanol–water partition coefficient (Wildman–Crippen LogP) is 6.19. The normalized spacial score (nSPS) is 14.8. The van der Waals surface area contributed by atoms with E-state index in [0.717, 1.165) is 51.3 Å². The number of nitrogens with zero attached hydrogens (tertiary/aromatic N) is 5. The molecule has 1 saturated heterocycles. The summed E-state index contributed by atoms with van der Waals surface area (Å²) < 4.78 is 15.6. The molecule has 0 radical (unpaired) electrons. The largest absolute Gasteiger partial charge is 0.494 e. The van der Waals surface area contributed by atoms with E-state index >= 15 is 0 Å². The van der Waals surface area contributed by atoms with Gasteiger partial charge in [0.1, 0.15) is 17.2 Å². The molecule has 1 unspecified atom stereocenters. The second-order valence-electron chi connectivity index (χ2n) is 12.9. The lowest BCUT2D eigenvalue weighted by molar-refractivity contribution is 0.102. The summed E-state index contributed by atoms with van der Waals surface area (Å²) in [6.07, 6.45) is 5.92. The summed E-state index contributed by atoms with van der Waals surface area (Å²) in [5.74, 6) is 1.49. The van der Waals surface area contributed by atoms with Crippen molar-refractivity contribution in [2.45, 2.75) is 33.7 Å².